The van der Waals surface area contributed by atoms with Crippen molar-refractivity contribution >= 4 is 11.6 Å². The molecule has 0 spiro atoms. The Balaban J connectivity index is 1.49. The summed E-state index contributed by atoms with van der Waals surface area (Å²) in [6.07, 6.45) is 20.2. The molecule has 1 fully saturated rings. The Morgan fingerprint density at radius 3 is 2.62 bits per heavy atom. The van der Waals surface area contributed by atoms with E-state index < -0.39 is 0 Å². The number of fused-ring (bicyclic) bond motifs is 5. The molecular formula is C31H28N. The highest BCUT2D eigenvalue weighted by atomic mass is 14.7. The fraction of sp³-hybridized carbons (Fsp3) is 0.323. The molecule has 1 atom stereocenters. The van der Waals surface area contributed by atoms with E-state index in [1.807, 2.05) is 0 Å². The Labute approximate surface area is 189 Å². The van der Waals surface area contributed by atoms with E-state index in [-0.39, 0.29) is 0 Å². The van der Waals surface area contributed by atoms with Crippen molar-refractivity contribution in [3.05, 3.63) is 110 Å². The number of pyridine rings is 1. The third kappa shape index (κ3) is 2.87. The largest absolute Gasteiger partial charge is 0.260 e. The Bertz CT molecular complexity index is 1480. The topological polar surface area (TPSA) is 12.9 Å². The number of rotatable bonds is 2. The summed E-state index contributed by atoms with van der Waals surface area (Å²) >= 11 is 0. The second kappa shape index (κ2) is 7.30. The van der Waals surface area contributed by atoms with Gasteiger partial charge in [-0.1, -0.05) is 74.2 Å². The van der Waals surface area contributed by atoms with Gasteiger partial charge in [0.1, 0.15) is 0 Å². The van der Waals surface area contributed by atoms with Crippen LogP contribution in [-0.4, -0.2) is 4.98 Å². The van der Waals surface area contributed by atoms with Gasteiger partial charge in [0.05, 0.1) is 5.69 Å². The molecule has 1 heteroatoms. The zero-order valence-electron chi connectivity index (χ0n) is 18.5. The third-order valence-electron chi connectivity index (χ3n) is 8.40. The molecule has 3 aromatic rings. The van der Waals surface area contributed by atoms with Crippen LogP contribution in [0.1, 0.15) is 60.1 Å². The first-order valence-electron chi connectivity index (χ1n) is 12.4. The summed E-state index contributed by atoms with van der Waals surface area (Å²) in [4.78, 5) is 4.83. The summed E-state index contributed by atoms with van der Waals surface area (Å²) in [5, 5.41) is 5.73. The van der Waals surface area contributed by atoms with Crippen LogP contribution in [0.2, 0.25) is 0 Å². The number of allylic oxidation sites excluding steroid dienone is 1. The predicted molar refractivity (Wildman–Crippen MR) is 129 cm³/mol. The van der Waals surface area contributed by atoms with Crippen LogP contribution in [0, 0.1) is 28.3 Å². The molecule has 1 unspecified atom stereocenters. The number of hydrogen-bond donors (Lipinski definition) is 0. The predicted octanol–water partition coefficient (Wildman–Crippen LogP) is 4.92. The van der Waals surface area contributed by atoms with E-state index >= 15 is 0 Å². The van der Waals surface area contributed by atoms with Crippen LogP contribution in [0.5, 0.6) is 0 Å². The Morgan fingerprint density at radius 1 is 0.812 bits per heavy atom. The van der Waals surface area contributed by atoms with Crippen molar-refractivity contribution in [2.24, 2.45) is 11.8 Å². The number of nitrogens with zero attached hydrogens (tertiary/aromatic N) is 1. The molecule has 1 radical (unpaired) electrons. The lowest BCUT2D eigenvalue weighted by molar-refractivity contribution is 0.337. The molecule has 0 saturated heterocycles. The van der Waals surface area contributed by atoms with E-state index in [0.717, 1.165) is 24.7 Å². The maximum Gasteiger partial charge on any atom is 0.0520 e. The fourth-order valence-corrected chi connectivity index (χ4v) is 6.77. The smallest absolute Gasteiger partial charge is 0.0520 e. The van der Waals surface area contributed by atoms with E-state index in [4.69, 9.17) is 4.98 Å². The monoisotopic (exact) mass is 414 g/mol. The van der Waals surface area contributed by atoms with E-state index in [1.165, 1.54) is 81.8 Å². The quantitative estimate of drug-likeness (QED) is 0.580. The summed E-state index contributed by atoms with van der Waals surface area (Å²) in [5.74, 6) is 1.64. The highest BCUT2D eigenvalue weighted by Gasteiger charge is 2.31. The molecule has 0 amide bonds. The van der Waals surface area contributed by atoms with Gasteiger partial charge in [0, 0.05) is 18.2 Å². The minimum absolute atomic E-state index is 0.761. The maximum absolute atomic E-state index is 4.83. The summed E-state index contributed by atoms with van der Waals surface area (Å²) in [5.41, 5.74) is 8.40. The van der Waals surface area contributed by atoms with Gasteiger partial charge in [-0.3, -0.25) is 4.98 Å². The normalized spacial score (nSPS) is 21.0. The first-order chi connectivity index (χ1) is 15.8. The third-order valence-corrected chi connectivity index (χ3v) is 8.40. The lowest BCUT2D eigenvalue weighted by atomic mass is 9.73. The standard InChI is InChI=1S/C31H28N/c1-2-7-20(6-1)23-17-29(24-16-22-9-5-11-31(22)32-19-24)28-15-14-26-25-10-4-3-8-21(25)12-13-27(26)30(28)18-23/h3-5,8,10,12,14-16,19-20,23H,1-2,6-7,11,13,17-18H2. The van der Waals surface area contributed by atoms with Crippen LogP contribution in [-0.2, 0) is 19.3 Å². The molecule has 2 aromatic carbocycles. The van der Waals surface area contributed by atoms with E-state index in [2.05, 4.69) is 66.9 Å². The molecule has 32 heavy (non-hydrogen) atoms. The van der Waals surface area contributed by atoms with Crippen LogP contribution in [0.25, 0.3) is 11.6 Å². The number of aromatic nitrogens is 1. The van der Waals surface area contributed by atoms with E-state index in [1.54, 1.807) is 11.1 Å². The van der Waals surface area contributed by atoms with Crippen molar-refractivity contribution in [2.75, 3.05) is 0 Å². The Hall–Kier alpha value is -2.93. The van der Waals surface area contributed by atoms with Gasteiger partial charge in [-0.25, -0.2) is 0 Å². The molecule has 0 aliphatic heterocycles. The highest BCUT2D eigenvalue weighted by Crippen LogP contribution is 2.40. The average molecular weight is 415 g/mol. The molecule has 1 aromatic heterocycles. The summed E-state index contributed by atoms with van der Waals surface area (Å²) in [6.45, 7) is 0. The van der Waals surface area contributed by atoms with Crippen molar-refractivity contribution in [3.63, 3.8) is 0 Å². The van der Waals surface area contributed by atoms with Gasteiger partial charge in [-0.05, 0) is 86.4 Å². The highest BCUT2D eigenvalue weighted by molar-refractivity contribution is 5.69. The van der Waals surface area contributed by atoms with Crippen LogP contribution < -0.4 is 10.4 Å². The number of benzene rings is 2. The van der Waals surface area contributed by atoms with Gasteiger partial charge in [-0.2, -0.15) is 0 Å². The molecule has 1 heterocycles. The van der Waals surface area contributed by atoms with Gasteiger partial charge in [0.25, 0.3) is 0 Å². The van der Waals surface area contributed by atoms with Crippen LogP contribution >= 0.6 is 0 Å². The van der Waals surface area contributed by atoms with E-state index in [9.17, 15) is 0 Å². The number of hydrogen-bond acceptors (Lipinski definition) is 1. The molecule has 0 bridgehead atoms. The van der Waals surface area contributed by atoms with Crippen molar-refractivity contribution in [1.82, 2.24) is 4.98 Å². The van der Waals surface area contributed by atoms with Crippen LogP contribution in [0.4, 0.5) is 0 Å². The SMILES string of the molecule is [C]1=CCc2ncc(C3=c4ccc5c(c4CC(C4CCCC4)C3)CC=c3ccccc3=5)cc21. The van der Waals surface area contributed by atoms with Crippen molar-refractivity contribution in [1.29, 1.82) is 0 Å². The lowest BCUT2D eigenvalue weighted by Crippen LogP contribution is -2.30. The first-order valence-corrected chi connectivity index (χ1v) is 12.4. The molecule has 1 nitrogen and oxygen atoms in total. The molecule has 0 N–H and O–H groups in total. The average Bonchev–Trinajstić information content (AvgIpc) is 3.55. The van der Waals surface area contributed by atoms with Gasteiger partial charge >= 0.3 is 0 Å². The molecular weight excluding hydrogens is 386 g/mol. The van der Waals surface area contributed by atoms with Gasteiger partial charge in [0.15, 0.2) is 0 Å². The Kier molecular flexibility index (Phi) is 4.25. The molecule has 7 rings (SSSR count). The molecule has 4 aliphatic rings. The fourth-order valence-electron chi connectivity index (χ4n) is 6.77. The minimum atomic E-state index is 0.761. The molecule has 4 aliphatic carbocycles. The minimum Gasteiger partial charge on any atom is -0.260 e. The van der Waals surface area contributed by atoms with Crippen molar-refractivity contribution < 1.29 is 0 Å². The summed E-state index contributed by atoms with van der Waals surface area (Å²) in [6, 6.07) is 16.1. The Morgan fingerprint density at radius 2 is 1.69 bits per heavy atom. The second-order valence-electron chi connectivity index (χ2n) is 10.1. The van der Waals surface area contributed by atoms with Crippen molar-refractivity contribution in [3.8, 4) is 0 Å². The molecule has 157 valence electrons. The van der Waals surface area contributed by atoms with Gasteiger partial charge in [-0.15, -0.1) is 0 Å². The maximum atomic E-state index is 4.83. The van der Waals surface area contributed by atoms with Gasteiger partial charge < -0.3 is 0 Å². The van der Waals surface area contributed by atoms with Gasteiger partial charge in [0.2, 0.25) is 0 Å². The summed E-state index contributed by atoms with van der Waals surface area (Å²) in [7, 11) is 0. The lowest BCUT2D eigenvalue weighted by Gasteiger charge is -2.31. The zero-order chi connectivity index (χ0) is 21.1. The van der Waals surface area contributed by atoms with Crippen LogP contribution in [0.15, 0.2) is 54.7 Å². The van der Waals surface area contributed by atoms with E-state index in [0.29, 0.717) is 0 Å². The summed E-state index contributed by atoms with van der Waals surface area (Å²) < 4.78 is 0. The molecule has 1 saturated carbocycles. The van der Waals surface area contributed by atoms with Crippen LogP contribution in [0.3, 0.4) is 0 Å². The second-order valence-corrected chi connectivity index (χ2v) is 10.1. The first kappa shape index (κ1) is 18.6. The van der Waals surface area contributed by atoms with Crippen molar-refractivity contribution in [2.45, 2.75) is 51.4 Å². The zero-order valence-corrected chi connectivity index (χ0v) is 18.5.